The Kier molecular flexibility index (Phi) is 5.67. The number of likely N-dealkylation sites (N-methyl/N-ethyl adjacent to an activating group) is 1. The van der Waals surface area contributed by atoms with Crippen LogP contribution in [0, 0.1) is 5.92 Å². The van der Waals surface area contributed by atoms with Crippen LogP contribution in [0.3, 0.4) is 0 Å². The van der Waals surface area contributed by atoms with Crippen LogP contribution in [0.2, 0.25) is 0 Å². The normalized spacial score (nSPS) is 19.3. The summed E-state index contributed by atoms with van der Waals surface area (Å²) in [7, 11) is 1.65. The van der Waals surface area contributed by atoms with Crippen molar-refractivity contribution in [3.63, 3.8) is 0 Å². The number of ether oxygens (including phenoxy) is 1. The van der Waals surface area contributed by atoms with Crippen molar-refractivity contribution >= 4 is 18.0 Å². The van der Waals surface area contributed by atoms with Crippen molar-refractivity contribution in [1.82, 2.24) is 10.2 Å². The average Bonchev–Trinajstić information content (AvgIpc) is 3.03. The van der Waals surface area contributed by atoms with E-state index in [1.165, 1.54) is 4.90 Å². The van der Waals surface area contributed by atoms with E-state index in [1.807, 2.05) is 36.4 Å². The van der Waals surface area contributed by atoms with Crippen molar-refractivity contribution in [2.24, 2.45) is 5.92 Å². The Balaban J connectivity index is 1.37. The third kappa shape index (κ3) is 3.95. The first kappa shape index (κ1) is 21.9. The number of nitrogens with one attached hydrogen (secondary N) is 1. The van der Waals surface area contributed by atoms with Gasteiger partial charge in [0.2, 0.25) is 5.91 Å². The monoisotopic (exact) mass is 436 g/mol. The highest BCUT2D eigenvalue weighted by atomic mass is 16.5. The molecule has 2 aromatic carbocycles. The number of rotatable bonds is 6. The summed E-state index contributed by atoms with van der Waals surface area (Å²) in [6, 6.07) is 16.1. The second-order valence-electron chi connectivity index (χ2n) is 9.15. The Bertz CT molecular complexity index is 1010. The molecule has 0 atom stereocenters. The molecule has 32 heavy (non-hydrogen) atoms. The van der Waals surface area contributed by atoms with Gasteiger partial charge in [0.1, 0.15) is 12.1 Å². The lowest BCUT2D eigenvalue weighted by Crippen LogP contribution is -2.59. The predicted molar refractivity (Wildman–Crippen MR) is 119 cm³/mol. The number of carbonyl (C=O) groups is 3. The smallest absolute Gasteiger partial charge is 0.408 e. The summed E-state index contributed by atoms with van der Waals surface area (Å²) in [5.41, 5.74) is 3.36. The highest BCUT2D eigenvalue weighted by molar-refractivity contribution is 5.89. The fraction of sp³-hybridized carbons (Fsp3) is 0.400. The Morgan fingerprint density at radius 2 is 1.56 bits per heavy atom. The topological polar surface area (TPSA) is 95.9 Å². The van der Waals surface area contributed by atoms with E-state index in [0.29, 0.717) is 12.8 Å². The SMILES string of the molecule is CN(C(=O)C(C)(C)NC(=O)OCC1c2ccccc2-c2ccccc21)C1CC(C(=O)O)C1. The molecular formula is C25H28N2O5. The lowest BCUT2D eigenvalue weighted by Gasteiger charge is -2.42. The number of nitrogens with zero attached hydrogens (tertiary/aromatic N) is 1. The molecule has 4 rings (SSSR count). The number of hydrogen-bond donors (Lipinski definition) is 2. The van der Waals surface area contributed by atoms with Gasteiger partial charge in [-0.15, -0.1) is 0 Å². The first-order chi connectivity index (χ1) is 15.2. The number of hydrogen-bond acceptors (Lipinski definition) is 4. The van der Waals surface area contributed by atoms with Gasteiger partial charge in [-0.3, -0.25) is 9.59 Å². The van der Waals surface area contributed by atoms with E-state index in [-0.39, 0.29) is 24.5 Å². The fourth-order valence-corrected chi connectivity index (χ4v) is 4.66. The maximum absolute atomic E-state index is 12.9. The van der Waals surface area contributed by atoms with E-state index in [2.05, 4.69) is 17.4 Å². The lowest BCUT2D eigenvalue weighted by atomic mass is 9.79. The molecule has 2 aliphatic carbocycles. The van der Waals surface area contributed by atoms with Crippen LogP contribution in [0.25, 0.3) is 11.1 Å². The van der Waals surface area contributed by atoms with Crippen LogP contribution in [0.4, 0.5) is 4.79 Å². The van der Waals surface area contributed by atoms with Gasteiger partial charge >= 0.3 is 12.1 Å². The van der Waals surface area contributed by atoms with Gasteiger partial charge in [0.25, 0.3) is 0 Å². The zero-order valence-electron chi connectivity index (χ0n) is 18.5. The molecule has 2 aliphatic rings. The number of benzene rings is 2. The van der Waals surface area contributed by atoms with Crippen molar-refractivity contribution < 1.29 is 24.2 Å². The lowest BCUT2D eigenvalue weighted by molar-refractivity contribution is -0.151. The van der Waals surface area contributed by atoms with Crippen molar-refractivity contribution in [2.75, 3.05) is 13.7 Å². The maximum atomic E-state index is 12.9. The molecule has 168 valence electrons. The Hall–Kier alpha value is -3.35. The van der Waals surface area contributed by atoms with Crippen LogP contribution in [0.5, 0.6) is 0 Å². The molecule has 0 saturated heterocycles. The van der Waals surface area contributed by atoms with E-state index < -0.39 is 23.5 Å². The quantitative estimate of drug-likeness (QED) is 0.721. The van der Waals surface area contributed by atoms with Gasteiger partial charge < -0.3 is 20.1 Å². The van der Waals surface area contributed by atoms with E-state index in [1.54, 1.807) is 20.9 Å². The van der Waals surface area contributed by atoms with Gasteiger partial charge in [-0.2, -0.15) is 0 Å². The molecule has 1 fully saturated rings. The van der Waals surface area contributed by atoms with Gasteiger partial charge in [-0.1, -0.05) is 48.5 Å². The summed E-state index contributed by atoms with van der Waals surface area (Å²) in [6.07, 6.45) is 0.202. The van der Waals surface area contributed by atoms with Crippen LogP contribution in [-0.2, 0) is 14.3 Å². The molecule has 2 amide bonds. The summed E-state index contributed by atoms with van der Waals surface area (Å²) in [5.74, 6) is -1.58. The number of fused-ring (bicyclic) bond motifs is 3. The van der Waals surface area contributed by atoms with Crippen LogP contribution in [0.1, 0.15) is 43.7 Å². The summed E-state index contributed by atoms with van der Waals surface area (Å²) >= 11 is 0. The molecular weight excluding hydrogens is 408 g/mol. The summed E-state index contributed by atoms with van der Waals surface area (Å²) in [4.78, 5) is 38.0. The zero-order chi connectivity index (χ0) is 23.0. The Morgan fingerprint density at radius 3 is 2.09 bits per heavy atom. The number of aliphatic carboxylic acids is 1. The third-order valence-electron chi connectivity index (χ3n) is 6.62. The molecule has 1 saturated carbocycles. The minimum absolute atomic E-state index is 0.0578. The standard InChI is InChI=1S/C25H28N2O5/c1-25(2,23(30)27(3)16-12-15(13-16)22(28)29)26-24(31)32-14-21-19-10-6-4-8-17(19)18-9-5-7-11-20(18)21/h4-11,15-16,21H,12-14H2,1-3H3,(H,26,31)(H,28,29). The number of carbonyl (C=O) groups excluding carboxylic acids is 2. The number of carboxylic acids is 1. The van der Waals surface area contributed by atoms with Gasteiger partial charge in [0.05, 0.1) is 5.92 Å². The largest absolute Gasteiger partial charge is 0.481 e. The van der Waals surface area contributed by atoms with Gasteiger partial charge in [0, 0.05) is 19.0 Å². The van der Waals surface area contributed by atoms with Crippen molar-refractivity contribution in [1.29, 1.82) is 0 Å². The number of alkyl carbamates (subject to hydrolysis) is 1. The van der Waals surface area contributed by atoms with E-state index in [0.717, 1.165) is 22.3 Å². The first-order valence-electron chi connectivity index (χ1n) is 10.8. The Morgan fingerprint density at radius 1 is 1.03 bits per heavy atom. The molecule has 0 bridgehead atoms. The Labute approximate surface area is 187 Å². The van der Waals surface area contributed by atoms with Crippen LogP contribution < -0.4 is 5.32 Å². The van der Waals surface area contributed by atoms with E-state index in [9.17, 15) is 14.4 Å². The highest BCUT2D eigenvalue weighted by Crippen LogP contribution is 2.44. The van der Waals surface area contributed by atoms with Gasteiger partial charge in [-0.05, 0) is 48.9 Å². The third-order valence-corrected chi connectivity index (χ3v) is 6.62. The molecule has 0 unspecified atom stereocenters. The average molecular weight is 437 g/mol. The predicted octanol–water partition coefficient (Wildman–Crippen LogP) is 3.63. The zero-order valence-corrected chi connectivity index (χ0v) is 18.5. The molecule has 7 heteroatoms. The molecule has 0 heterocycles. The molecule has 0 aromatic heterocycles. The van der Waals surface area contributed by atoms with E-state index >= 15 is 0 Å². The van der Waals surface area contributed by atoms with Gasteiger partial charge in [-0.25, -0.2) is 4.79 Å². The van der Waals surface area contributed by atoms with E-state index in [4.69, 9.17) is 9.84 Å². The minimum atomic E-state index is -1.17. The molecule has 2 aromatic rings. The van der Waals surface area contributed by atoms with Crippen molar-refractivity contribution in [3.05, 3.63) is 59.7 Å². The summed E-state index contributed by atoms with van der Waals surface area (Å²) in [5, 5.41) is 11.7. The second-order valence-corrected chi connectivity index (χ2v) is 9.15. The molecule has 0 aliphatic heterocycles. The number of carboxylic acid groups (broad SMARTS) is 1. The van der Waals surface area contributed by atoms with Crippen LogP contribution >= 0.6 is 0 Å². The first-order valence-corrected chi connectivity index (χ1v) is 10.8. The second kappa shape index (κ2) is 8.30. The molecule has 7 nitrogen and oxygen atoms in total. The van der Waals surface area contributed by atoms with Crippen LogP contribution in [0.15, 0.2) is 48.5 Å². The minimum Gasteiger partial charge on any atom is -0.481 e. The highest BCUT2D eigenvalue weighted by Gasteiger charge is 2.42. The van der Waals surface area contributed by atoms with Crippen molar-refractivity contribution in [3.8, 4) is 11.1 Å². The number of amides is 2. The maximum Gasteiger partial charge on any atom is 0.408 e. The summed E-state index contributed by atoms with van der Waals surface area (Å²) in [6.45, 7) is 3.42. The molecule has 0 radical (unpaired) electrons. The molecule has 0 spiro atoms. The molecule has 2 N–H and O–H groups in total. The van der Waals surface area contributed by atoms with Gasteiger partial charge in [0.15, 0.2) is 0 Å². The van der Waals surface area contributed by atoms with Crippen molar-refractivity contribution in [2.45, 2.75) is 44.2 Å². The summed E-state index contributed by atoms with van der Waals surface area (Å²) < 4.78 is 5.56. The fourth-order valence-electron chi connectivity index (χ4n) is 4.66. The van der Waals surface area contributed by atoms with Crippen LogP contribution in [-0.4, -0.2) is 53.2 Å².